The molecule has 27 heavy (non-hydrogen) atoms. The predicted octanol–water partition coefficient (Wildman–Crippen LogP) is 3.66. The van der Waals surface area contributed by atoms with Gasteiger partial charge in [-0.3, -0.25) is 9.59 Å². The molecule has 0 atom stereocenters. The molecule has 0 aromatic heterocycles. The zero-order valence-electron chi connectivity index (χ0n) is 16.0. The number of ether oxygens (including phenoxy) is 1. The Bertz CT molecular complexity index is 758. The van der Waals surface area contributed by atoms with Crippen LogP contribution in [0.1, 0.15) is 37.6 Å². The molecule has 2 rings (SSSR count). The average molecular weight is 369 g/mol. The minimum atomic E-state index is -0.163. The van der Waals surface area contributed by atoms with Crippen LogP contribution in [-0.2, 0) is 4.79 Å². The van der Waals surface area contributed by atoms with E-state index < -0.39 is 0 Å². The summed E-state index contributed by atoms with van der Waals surface area (Å²) < 4.78 is 5.56. The van der Waals surface area contributed by atoms with Crippen LogP contribution in [0.4, 0.5) is 11.4 Å². The van der Waals surface area contributed by atoms with Gasteiger partial charge in [0.05, 0.1) is 13.2 Å². The van der Waals surface area contributed by atoms with Crippen LogP contribution in [-0.4, -0.2) is 31.0 Å². The van der Waals surface area contributed by atoms with Crippen molar-refractivity contribution >= 4 is 23.2 Å². The summed E-state index contributed by atoms with van der Waals surface area (Å²) in [6.07, 6.45) is 0.929. The first-order chi connectivity index (χ1) is 13.0. The molecule has 0 saturated heterocycles. The molecule has 0 unspecified atom stereocenters. The Hall–Kier alpha value is -3.02. The maximum Gasteiger partial charge on any atom is 0.251 e. The summed E-state index contributed by atoms with van der Waals surface area (Å²) >= 11 is 0. The summed E-state index contributed by atoms with van der Waals surface area (Å²) in [4.78, 5) is 24.1. The number of rotatable bonds is 9. The van der Waals surface area contributed by atoms with Gasteiger partial charge < -0.3 is 20.7 Å². The highest BCUT2D eigenvalue weighted by Gasteiger charge is 2.07. The van der Waals surface area contributed by atoms with Crippen LogP contribution in [0.2, 0.25) is 0 Å². The van der Waals surface area contributed by atoms with E-state index in [-0.39, 0.29) is 24.4 Å². The monoisotopic (exact) mass is 369 g/mol. The van der Waals surface area contributed by atoms with Gasteiger partial charge in [-0.05, 0) is 56.7 Å². The van der Waals surface area contributed by atoms with Crippen molar-refractivity contribution in [2.45, 2.75) is 33.2 Å². The molecule has 0 aliphatic rings. The highest BCUT2D eigenvalue weighted by Crippen LogP contribution is 2.17. The average Bonchev–Trinajstić information content (AvgIpc) is 2.65. The molecule has 6 nitrogen and oxygen atoms in total. The number of hydrogen-bond donors (Lipinski definition) is 3. The quantitative estimate of drug-likeness (QED) is 0.630. The lowest BCUT2D eigenvalue weighted by Crippen LogP contribution is -2.30. The lowest BCUT2D eigenvalue weighted by Gasteiger charge is -2.11. The largest absolute Gasteiger partial charge is 0.494 e. The summed E-state index contributed by atoms with van der Waals surface area (Å²) in [5.74, 6) is 0.460. The van der Waals surface area contributed by atoms with Gasteiger partial charge in [0.1, 0.15) is 5.75 Å². The number of carbonyl (C=O) groups is 2. The van der Waals surface area contributed by atoms with Crippen molar-refractivity contribution in [3.05, 3.63) is 54.1 Å². The Morgan fingerprint density at radius 2 is 1.78 bits per heavy atom. The summed E-state index contributed by atoms with van der Waals surface area (Å²) in [7, 11) is 0. The molecule has 0 bridgehead atoms. The van der Waals surface area contributed by atoms with Crippen LogP contribution in [0.3, 0.4) is 0 Å². The molecule has 2 aromatic rings. The van der Waals surface area contributed by atoms with Gasteiger partial charge in [-0.1, -0.05) is 13.0 Å². The van der Waals surface area contributed by atoms with Gasteiger partial charge >= 0.3 is 0 Å². The van der Waals surface area contributed by atoms with Gasteiger partial charge in [0, 0.05) is 29.0 Å². The van der Waals surface area contributed by atoms with E-state index in [0.717, 1.165) is 17.9 Å². The third kappa shape index (κ3) is 7.01. The zero-order chi connectivity index (χ0) is 19.6. The van der Waals surface area contributed by atoms with Crippen molar-refractivity contribution in [3.8, 4) is 5.75 Å². The van der Waals surface area contributed by atoms with Crippen molar-refractivity contribution in [2.75, 3.05) is 23.8 Å². The first-order valence-electron chi connectivity index (χ1n) is 9.15. The maximum absolute atomic E-state index is 12.1. The van der Waals surface area contributed by atoms with Gasteiger partial charge in [-0.25, -0.2) is 0 Å². The van der Waals surface area contributed by atoms with Crippen LogP contribution < -0.4 is 20.7 Å². The minimum absolute atomic E-state index is 0.0878. The van der Waals surface area contributed by atoms with E-state index in [1.807, 2.05) is 39.0 Å². The highest BCUT2D eigenvalue weighted by atomic mass is 16.5. The fraction of sp³-hybridized carbons (Fsp3) is 0.333. The predicted molar refractivity (Wildman–Crippen MR) is 108 cm³/mol. The second-order valence-electron chi connectivity index (χ2n) is 6.48. The molecule has 6 heteroatoms. The molecule has 0 aliphatic carbocycles. The Kier molecular flexibility index (Phi) is 7.67. The van der Waals surface area contributed by atoms with E-state index in [9.17, 15) is 9.59 Å². The van der Waals surface area contributed by atoms with Crippen LogP contribution in [0, 0.1) is 0 Å². The van der Waals surface area contributed by atoms with E-state index >= 15 is 0 Å². The Balaban J connectivity index is 1.84. The van der Waals surface area contributed by atoms with E-state index in [1.54, 1.807) is 30.3 Å². The second-order valence-corrected chi connectivity index (χ2v) is 6.48. The van der Waals surface area contributed by atoms with Gasteiger partial charge in [-0.15, -0.1) is 0 Å². The fourth-order valence-electron chi connectivity index (χ4n) is 2.36. The van der Waals surface area contributed by atoms with E-state index in [2.05, 4.69) is 16.0 Å². The minimum Gasteiger partial charge on any atom is -0.494 e. The number of amides is 2. The first kappa shape index (κ1) is 20.3. The topological polar surface area (TPSA) is 79.5 Å². The van der Waals surface area contributed by atoms with Gasteiger partial charge in [0.25, 0.3) is 5.91 Å². The molecule has 2 amide bonds. The number of nitrogens with one attached hydrogen (secondary N) is 3. The Morgan fingerprint density at radius 1 is 1.04 bits per heavy atom. The normalized spacial score (nSPS) is 10.4. The lowest BCUT2D eigenvalue weighted by molar-refractivity contribution is -0.114. The van der Waals surface area contributed by atoms with E-state index in [0.29, 0.717) is 17.9 Å². The number of anilines is 2. The van der Waals surface area contributed by atoms with Gasteiger partial charge in [0.2, 0.25) is 5.91 Å². The van der Waals surface area contributed by atoms with Crippen LogP contribution in [0.5, 0.6) is 5.75 Å². The van der Waals surface area contributed by atoms with Crippen molar-refractivity contribution in [3.63, 3.8) is 0 Å². The molecule has 3 N–H and O–H groups in total. The Labute approximate surface area is 160 Å². The van der Waals surface area contributed by atoms with Gasteiger partial charge in [0.15, 0.2) is 0 Å². The SMILES string of the molecule is CCCOc1cccc(NC(=O)CNc2ccc(C(=O)NC(C)C)cc2)c1. The molecular formula is C21H27N3O3. The first-order valence-corrected chi connectivity index (χ1v) is 9.15. The van der Waals surface area contributed by atoms with Crippen LogP contribution >= 0.6 is 0 Å². The summed E-state index contributed by atoms with van der Waals surface area (Å²) in [5.41, 5.74) is 2.05. The van der Waals surface area contributed by atoms with Crippen LogP contribution in [0.25, 0.3) is 0 Å². The second kappa shape index (κ2) is 10.2. The van der Waals surface area contributed by atoms with Crippen molar-refractivity contribution in [1.82, 2.24) is 5.32 Å². The summed E-state index contributed by atoms with van der Waals surface area (Å²) in [6.45, 7) is 6.64. The standard InChI is InChI=1S/C21H27N3O3/c1-4-12-27-19-7-5-6-18(13-19)24-20(25)14-22-17-10-8-16(9-11-17)21(26)23-15(2)3/h5-11,13,15,22H,4,12,14H2,1-3H3,(H,23,26)(H,24,25). The zero-order valence-corrected chi connectivity index (χ0v) is 16.0. The smallest absolute Gasteiger partial charge is 0.251 e. The lowest BCUT2D eigenvalue weighted by atomic mass is 10.2. The maximum atomic E-state index is 12.1. The molecule has 0 radical (unpaired) electrons. The van der Waals surface area contributed by atoms with Crippen molar-refractivity contribution in [1.29, 1.82) is 0 Å². The van der Waals surface area contributed by atoms with Gasteiger partial charge in [-0.2, -0.15) is 0 Å². The van der Waals surface area contributed by atoms with Crippen molar-refractivity contribution in [2.24, 2.45) is 0 Å². The Morgan fingerprint density at radius 3 is 2.44 bits per heavy atom. The third-order valence-corrected chi connectivity index (χ3v) is 3.61. The van der Waals surface area contributed by atoms with Crippen LogP contribution in [0.15, 0.2) is 48.5 Å². The molecule has 0 aliphatic heterocycles. The molecular weight excluding hydrogens is 342 g/mol. The molecule has 0 spiro atoms. The van der Waals surface area contributed by atoms with E-state index in [4.69, 9.17) is 4.74 Å². The molecule has 0 saturated carbocycles. The molecule has 0 heterocycles. The number of carbonyl (C=O) groups excluding carboxylic acids is 2. The fourth-order valence-corrected chi connectivity index (χ4v) is 2.36. The summed E-state index contributed by atoms with van der Waals surface area (Å²) in [5, 5.41) is 8.72. The van der Waals surface area contributed by atoms with Crippen molar-refractivity contribution < 1.29 is 14.3 Å². The van der Waals surface area contributed by atoms with E-state index in [1.165, 1.54) is 0 Å². The molecule has 0 fully saturated rings. The third-order valence-electron chi connectivity index (χ3n) is 3.61. The molecule has 144 valence electrons. The molecule has 2 aromatic carbocycles. The number of benzene rings is 2. The number of hydrogen-bond acceptors (Lipinski definition) is 4. The highest BCUT2D eigenvalue weighted by molar-refractivity contribution is 5.95. The summed E-state index contributed by atoms with van der Waals surface area (Å²) in [6, 6.07) is 14.4.